The monoisotopic (exact) mass is 740 g/mol. The molecule has 9 nitrogen and oxygen atoms in total. The lowest BCUT2D eigenvalue weighted by Gasteiger charge is -2.35. The number of esters is 2. The molecule has 1 aromatic carbocycles. The number of hydrogen-bond acceptors (Lipinski definition) is 8. The summed E-state index contributed by atoms with van der Waals surface area (Å²) in [5.74, 6) is 3.00. The van der Waals surface area contributed by atoms with Crippen LogP contribution < -0.4 is 10.1 Å². The van der Waals surface area contributed by atoms with Crippen molar-refractivity contribution >= 4 is 23.6 Å². The molecular weight excluding hydrogens is 670 g/mol. The Morgan fingerprint density at radius 2 is 1.40 bits per heavy atom. The second kappa shape index (κ2) is 24.6. The number of rotatable bonds is 25. The lowest BCUT2D eigenvalue weighted by molar-refractivity contribution is -0.184. The predicted molar refractivity (Wildman–Crippen MR) is 211 cm³/mol. The van der Waals surface area contributed by atoms with Crippen molar-refractivity contribution in [1.82, 2.24) is 5.32 Å². The molecule has 0 fully saturated rings. The molecule has 0 unspecified atom stereocenters. The van der Waals surface area contributed by atoms with Gasteiger partial charge in [0.2, 0.25) is 5.91 Å². The van der Waals surface area contributed by atoms with Crippen molar-refractivity contribution in [3.05, 3.63) is 42.0 Å². The smallest absolute Gasteiger partial charge is 0.339 e. The third-order valence-electron chi connectivity index (χ3n) is 8.50. The van der Waals surface area contributed by atoms with Gasteiger partial charge in [0.1, 0.15) is 35.4 Å². The van der Waals surface area contributed by atoms with Crippen LogP contribution in [0.4, 0.5) is 0 Å². The fourth-order valence-electron chi connectivity index (χ4n) is 5.79. The van der Waals surface area contributed by atoms with Gasteiger partial charge >= 0.3 is 11.9 Å². The van der Waals surface area contributed by atoms with E-state index >= 15 is 0 Å². The van der Waals surface area contributed by atoms with E-state index in [4.69, 9.17) is 14.2 Å². The molecule has 0 bridgehead atoms. The summed E-state index contributed by atoms with van der Waals surface area (Å²) < 4.78 is 16.9. The fourth-order valence-corrected chi connectivity index (χ4v) is 5.79. The number of carbonyl (C=O) groups is 4. The molecule has 0 aromatic heterocycles. The van der Waals surface area contributed by atoms with Gasteiger partial charge in [-0.3, -0.25) is 9.59 Å². The van der Waals surface area contributed by atoms with E-state index in [-0.39, 0.29) is 19.4 Å². The second-order valence-corrected chi connectivity index (χ2v) is 15.9. The van der Waals surface area contributed by atoms with Crippen LogP contribution in [0.5, 0.6) is 5.75 Å². The summed E-state index contributed by atoms with van der Waals surface area (Å²) in [6.45, 7) is 16.3. The summed E-state index contributed by atoms with van der Waals surface area (Å²) in [4.78, 5) is 53.5. The predicted octanol–water partition coefficient (Wildman–Crippen LogP) is 8.77. The number of ketones is 1. The Labute approximate surface area is 320 Å². The van der Waals surface area contributed by atoms with E-state index in [1.165, 1.54) is 19.3 Å². The number of Topliss-reactive ketones (excluding diaryl/α,β-unsaturated/α-hetero) is 1. The number of allylic oxidation sites excluding steroid dienone is 1. The highest BCUT2D eigenvalue weighted by Gasteiger charge is 2.49. The van der Waals surface area contributed by atoms with E-state index in [0.717, 1.165) is 44.1 Å². The molecule has 298 valence electrons. The van der Waals surface area contributed by atoms with Gasteiger partial charge in [-0.25, -0.2) is 9.59 Å². The topological polar surface area (TPSA) is 128 Å². The third-order valence-corrected chi connectivity index (χ3v) is 8.50. The Morgan fingerprint density at radius 3 is 1.94 bits per heavy atom. The molecule has 2 N–H and O–H groups in total. The molecule has 1 amide bonds. The largest absolute Gasteiger partial charge is 0.481 e. The van der Waals surface area contributed by atoms with Gasteiger partial charge in [0.05, 0.1) is 5.92 Å². The maximum absolute atomic E-state index is 14.2. The summed E-state index contributed by atoms with van der Waals surface area (Å²) in [5.41, 5.74) is -3.17. The van der Waals surface area contributed by atoms with Crippen molar-refractivity contribution < 1.29 is 38.5 Å². The van der Waals surface area contributed by atoms with Crippen LogP contribution in [-0.2, 0) is 35.1 Å². The van der Waals surface area contributed by atoms with E-state index < -0.39 is 46.6 Å². The number of benzene rings is 1. The molecule has 0 heterocycles. The average molecular weight is 740 g/mol. The van der Waals surface area contributed by atoms with Crippen LogP contribution in [0, 0.1) is 17.8 Å². The first-order valence-electron chi connectivity index (χ1n) is 19.7. The highest BCUT2D eigenvalue weighted by atomic mass is 16.6. The molecule has 9 heteroatoms. The molecule has 0 aliphatic carbocycles. The minimum atomic E-state index is -2.18. The van der Waals surface area contributed by atoms with Crippen LogP contribution in [0.3, 0.4) is 0 Å². The zero-order valence-corrected chi connectivity index (χ0v) is 34.2. The summed E-state index contributed by atoms with van der Waals surface area (Å²) in [6, 6.07) is 6.02. The maximum Gasteiger partial charge on any atom is 0.339 e. The number of ether oxygens (including phenoxy) is 3. The highest BCUT2D eigenvalue weighted by Crippen LogP contribution is 2.30. The van der Waals surface area contributed by atoms with Crippen LogP contribution in [0.25, 0.3) is 0 Å². The first-order chi connectivity index (χ1) is 25.0. The molecule has 3 atom stereocenters. The normalized spacial score (nSPS) is 14.0. The minimum absolute atomic E-state index is 0.0298. The number of carbonyl (C=O) groups excluding carboxylic acids is 4. The van der Waals surface area contributed by atoms with Gasteiger partial charge in [-0.05, 0) is 98.3 Å². The molecule has 0 saturated heterocycles. The summed E-state index contributed by atoms with van der Waals surface area (Å²) >= 11 is 0. The van der Waals surface area contributed by atoms with Crippen LogP contribution >= 0.6 is 0 Å². The van der Waals surface area contributed by atoms with E-state index in [1.54, 1.807) is 84.9 Å². The second-order valence-electron chi connectivity index (χ2n) is 15.9. The van der Waals surface area contributed by atoms with Gasteiger partial charge in [0, 0.05) is 19.3 Å². The van der Waals surface area contributed by atoms with Crippen LogP contribution in [0.15, 0.2) is 36.4 Å². The average Bonchev–Trinajstić information content (AvgIpc) is 3.06. The zero-order valence-electron chi connectivity index (χ0n) is 34.2. The molecule has 0 saturated carbocycles. The highest BCUT2D eigenvalue weighted by molar-refractivity contribution is 5.93. The van der Waals surface area contributed by atoms with E-state index in [2.05, 4.69) is 24.1 Å². The first kappa shape index (κ1) is 47.4. The molecule has 53 heavy (non-hydrogen) atoms. The standard InChI is InChI=1S/C44H69NO8/c1-10-13-15-18-21-24-35(46)25-22-19-16-17-20-23-26-37(44(50,31-12-3)41(49)53-43(7,8)9)39(47)45-38(40(48)52-42(4,5)6)33-34-27-29-36(30-28-34)51-32-14-11-2/h23,26-30,37-38,50H,10,12-13,15-22,24-25,31-33H2,1-9H3,(H,45,47)/b26-23+/t37-,38+,44+/m1/s1. The zero-order chi connectivity index (χ0) is 39.9. The van der Waals surface area contributed by atoms with Crippen LogP contribution in [0.2, 0.25) is 0 Å². The Hall–Kier alpha value is -3.64. The SMILES string of the molecule is CC#CCOc1ccc(C[C@H](NC(=O)[C@@H](/C=C/CCCCCCC(=O)CCCCCCC)[C@@](O)(CCC)C(=O)OC(C)(C)C)C(=O)OC(C)(C)C)cc1. The van der Waals surface area contributed by atoms with Gasteiger partial charge in [0.25, 0.3) is 0 Å². The third kappa shape index (κ3) is 20.4. The van der Waals surface area contributed by atoms with Gasteiger partial charge in [0.15, 0.2) is 5.60 Å². The van der Waals surface area contributed by atoms with Crippen LogP contribution in [-0.4, -0.2) is 58.2 Å². The van der Waals surface area contributed by atoms with Gasteiger partial charge in [-0.2, -0.15) is 0 Å². The molecule has 1 aromatic rings. The minimum Gasteiger partial charge on any atom is -0.481 e. The number of unbranched alkanes of at least 4 members (excludes halogenated alkanes) is 8. The van der Waals surface area contributed by atoms with Gasteiger partial charge < -0.3 is 24.6 Å². The Bertz CT molecular complexity index is 1340. The van der Waals surface area contributed by atoms with Crippen molar-refractivity contribution in [2.75, 3.05) is 6.61 Å². The number of amides is 1. The molecule has 0 aliphatic rings. The van der Waals surface area contributed by atoms with Crippen molar-refractivity contribution in [1.29, 1.82) is 0 Å². The Balaban J connectivity index is 3.17. The van der Waals surface area contributed by atoms with Gasteiger partial charge in [-0.1, -0.05) is 89.0 Å². The number of nitrogens with one attached hydrogen (secondary N) is 1. The number of aliphatic hydroxyl groups is 1. The molecule has 0 radical (unpaired) electrons. The molecule has 0 aliphatic heterocycles. The van der Waals surface area contributed by atoms with Crippen molar-refractivity contribution in [2.24, 2.45) is 5.92 Å². The van der Waals surface area contributed by atoms with Crippen molar-refractivity contribution in [3.63, 3.8) is 0 Å². The maximum atomic E-state index is 14.2. The van der Waals surface area contributed by atoms with E-state index in [1.807, 2.05) is 6.92 Å². The summed E-state index contributed by atoms with van der Waals surface area (Å²) in [6.07, 6.45) is 14.9. The Morgan fingerprint density at radius 1 is 0.811 bits per heavy atom. The Kier molecular flexibility index (Phi) is 22.0. The quantitative estimate of drug-likeness (QED) is 0.0441. The fraction of sp³-hybridized carbons (Fsp3) is 0.682. The molecular formula is C44H69NO8. The van der Waals surface area contributed by atoms with Crippen molar-refractivity contribution in [3.8, 4) is 17.6 Å². The lowest BCUT2D eigenvalue weighted by Crippen LogP contribution is -2.56. The van der Waals surface area contributed by atoms with Crippen molar-refractivity contribution in [2.45, 2.75) is 181 Å². The van der Waals surface area contributed by atoms with E-state index in [0.29, 0.717) is 37.2 Å². The first-order valence-corrected chi connectivity index (χ1v) is 19.7. The number of hydrogen-bond donors (Lipinski definition) is 2. The van der Waals surface area contributed by atoms with Gasteiger partial charge in [-0.15, -0.1) is 5.92 Å². The molecule has 1 rings (SSSR count). The summed E-state index contributed by atoms with van der Waals surface area (Å²) in [5, 5.41) is 14.8. The molecule has 0 spiro atoms. The summed E-state index contributed by atoms with van der Waals surface area (Å²) in [7, 11) is 0. The lowest BCUT2D eigenvalue weighted by atomic mass is 9.81. The van der Waals surface area contributed by atoms with Crippen LogP contribution in [0.1, 0.15) is 158 Å². The van der Waals surface area contributed by atoms with E-state index in [9.17, 15) is 24.3 Å².